The number of benzene rings is 3. The number of hydrogen-bond donors (Lipinski definition) is 0. The molecular formula is C27H25F2N3O5S. The van der Waals surface area contributed by atoms with Gasteiger partial charge in [-0.2, -0.15) is 0 Å². The van der Waals surface area contributed by atoms with Gasteiger partial charge in [-0.25, -0.2) is 17.2 Å². The Hall–Kier alpha value is -4.25. The van der Waals surface area contributed by atoms with Crippen molar-refractivity contribution in [2.75, 3.05) is 24.8 Å². The zero-order valence-corrected chi connectivity index (χ0v) is 21.7. The summed E-state index contributed by atoms with van der Waals surface area (Å²) in [6.07, 6.45) is 1.05. The van der Waals surface area contributed by atoms with Gasteiger partial charge in [-0.05, 0) is 59.7 Å². The molecule has 4 aromatic rings. The van der Waals surface area contributed by atoms with Crippen molar-refractivity contribution in [3.63, 3.8) is 0 Å². The largest absolute Gasteiger partial charge is 0.497 e. The number of halogens is 2. The molecule has 0 bridgehead atoms. The van der Waals surface area contributed by atoms with Crippen LogP contribution < -0.4 is 18.5 Å². The number of methoxy groups -OCH3 is 2. The van der Waals surface area contributed by atoms with E-state index in [9.17, 15) is 17.2 Å². The first-order valence-corrected chi connectivity index (χ1v) is 13.2. The van der Waals surface area contributed by atoms with Crippen LogP contribution in [0, 0.1) is 11.6 Å². The standard InChI is InChI=1S/C27H25F2N3O5S/c1-35-21-9-7-18(8-10-21)16-32(38(3,33)34)26-15-25(30-31-27(26)36-2)23-14-22(11-12-24(23)29)37-17-19-5-4-6-20(28)13-19/h4-15H,16-17H2,1-3H3. The molecule has 0 atom stereocenters. The predicted octanol–water partition coefficient (Wildman–Crippen LogP) is 4.98. The summed E-state index contributed by atoms with van der Waals surface area (Å²) in [5.41, 5.74) is 1.47. The van der Waals surface area contributed by atoms with E-state index in [1.54, 1.807) is 36.4 Å². The fourth-order valence-corrected chi connectivity index (χ4v) is 4.56. The zero-order chi connectivity index (χ0) is 27.3. The molecule has 198 valence electrons. The summed E-state index contributed by atoms with van der Waals surface area (Å²) in [5.74, 6) is -0.124. The number of rotatable bonds is 10. The van der Waals surface area contributed by atoms with E-state index in [4.69, 9.17) is 14.2 Å². The van der Waals surface area contributed by atoms with Crippen LogP contribution in [0.1, 0.15) is 11.1 Å². The molecule has 0 aliphatic heterocycles. The molecule has 0 saturated carbocycles. The monoisotopic (exact) mass is 541 g/mol. The van der Waals surface area contributed by atoms with Crippen LogP contribution in [0.5, 0.6) is 17.4 Å². The molecule has 0 radical (unpaired) electrons. The highest BCUT2D eigenvalue weighted by molar-refractivity contribution is 7.92. The van der Waals surface area contributed by atoms with Gasteiger partial charge < -0.3 is 14.2 Å². The van der Waals surface area contributed by atoms with E-state index in [1.807, 2.05) is 0 Å². The summed E-state index contributed by atoms with van der Waals surface area (Å²) in [5, 5.41) is 8.05. The van der Waals surface area contributed by atoms with Crippen LogP contribution >= 0.6 is 0 Å². The molecule has 0 spiro atoms. The Labute approximate surface area is 219 Å². The molecule has 1 heterocycles. The van der Waals surface area contributed by atoms with Crippen molar-refractivity contribution in [2.24, 2.45) is 0 Å². The second-order valence-corrected chi connectivity index (χ2v) is 10.2. The first-order chi connectivity index (χ1) is 18.2. The molecule has 3 aromatic carbocycles. The minimum atomic E-state index is -3.82. The van der Waals surface area contributed by atoms with Gasteiger partial charge in [0.15, 0.2) is 0 Å². The highest BCUT2D eigenvalue weighted by atomic mass is 32.2. The lowest BCUT2D eigenvalue weighted by molar-refractivity contribution is 0.305. The number of ether oxygens (including phenoxy) is 3. The van der Waals surface area contributed by atoms with Crippen molar-refractivity contribution >= 4 is 15.7 Å². The van der Waals surface area contributed by atoms with Crippen LogP contribution in [0.15, 0.2) is 72.8 Å². The van der Waals surface area contributed by atoms with E-state index in [1.165, 1.54) is 50.6 Å². The van der Waals surface area contributed by atoms with Gasteiger partial charge >= 0.3 is 0 Å². The maximum Gasteiger partial charge on any atom is 0.258 e. The Morgan fingerprint density at radius 1 is 0.842 bits per heavy atom. The Morgan fingerprint density at radius 3 is 2.24 bits per heavy atom. The molecule has 4 rings (SSSR count). The van der Waals surface area contributed by atoms with Crippen molar-refractivity contribution in [3.8, 4) is 28.6 Å². The summed E-state index contributed by atoms with van der Waals surface area (Å²) < 4.78 is 71.3. The van der Waals surface area contributed by atoms with Gasteiger partial charge in [0.1, 0.15) is 35.4 Å². The van der Waals surface area contributed by atoms with Crippen molar-refractivity contribution in [1.29, 1.82) is 0 Å². The average Bonchev–Trinajstić information content (AvgIpc) is 2.90. The Bertz CT molecular complexity index is 1530. The molecule has 38 heavy (non-hydrogen) atoms. The maximum atomic E-state index is 14.9. The van der Waals surface area contributed by atoms with Gasteiger partial charge in [-0.1, -0.05) is 24.3 Å². The second-order valence-electron chi connectivity index (χ2n) is 8.30. The summed E-state index contributed by atoms with van der Waals surface area (Å²) in [6, 6.07) is 18.3. The number of nitrogens with zero attached hydrogens (tertiary/aromatic N) is 3. The van der Waals surface area contributed by atoms with Crippen LogP contribution in [0.3, 0.4) is 0 Å². The lowest BCUT2D eigenvalue weighted by Crippen LogP contribution is -2.30. The average molecular weight is 542 g/mol. The lowest BCUT2D eigenvalue weighted by atomic mass is 10.1. The van der Waals surface area contributed by atoms with Crippen molar-refractivity contribution < 1.29 is 31.4 Å². The quantitative estimate of drug-likeness (QED) is 0.280. The molecule has 11 heteroatoms. The maximum absolute atomic E-state index is 14.9. The van der Waals surface area contributed by atoms with Crippen LogP contribution in [0.2, 0.25) is 0 Å². The van der Waals surface area contributed by atoms with E-state index in [2.05, 4.69) is 10.2 Å². The van der Waals surface area contributed by atoms with E-state index in [0.717, 1.165) is 10.6 Å². The Morgan fingerprint density at radius 2 is 1.58 bits per heavy atom. The highest BCUT2D eigenvalue weighted by Crippen LogP contribution is 2.34. The molecular weight excluding hydrogens is 516 g/mol. The Kier molecular flexibility index (Phi) is 8.06. The predicted molar refractivity (Wildman–Crippen MR) is 139 cm³/mol. The van der Waals surface area contributed by atoms with Crippen LogP contribution in [-0.4, -0.2) is 39.1 Å². The van der Waals surface area contributed by atoms with E-state index < -0.39 is 21.7 Å². The molecule has 0 aliphatic rings. The molecule has 0 aliphatic carbocycles. The molecule has 0 N–H and O–H groups in total. The van der Waals surface area contributed by atoms with Crippen molar-refractivity contribution in [1.82, 2.24) is 10.2 Å². The van der Waals surface area contributed by atoms with Crippen molar-refractivity contribution in [3.05, 3.63) is 95.6 Å². The van der Waals surface area contributed by atoms with Crippen LogP contribution in [0.4, 0.5) is 14.5 Å². The minimum Gasteiger partial charge on any atom is -0.497 e. The third-order valence-corrected chi connectivity index (χ3v) is 6.72. The molecule has 0 amide bonds. The fourth-order valence-electron chi connectivity index (χ4n) is 3.69. The van der Waals surface area contributed by atoms with Crippen molar-refractivity contribution in [2.45, 2.75) is 13.2 Å². The number of hydrogen-bond acceptors (Lipinski definition) is 7. The number of sulfonamides is 1. The second kappa shape index (κ2) is 11.4. The van der Waals surface area contributed by atoms with Crippen LogP contribution in [-0.2, 0) is 23.2 Å². The minimum absolute atomic E-state index is 0.0380. The topological polar surface area (TPSA) is 90.8 Å². The molecule has 0 unspecified atom stereocenters. The van der Waals surface area contributed by atoms with Gasteiger partial charge in [-0.15, -0.1) is 10.2 Å². The Balaban J connectivity index is 1.69. The van der Waals surface area contributed by atoms with Crippen LogP contribution in [0.25, 0.3) is 11.3 Å². The van der Waals surface area contributed by atoms with Gasteiger partial charge in [0, 0.05) is 5.56 Å². The van der Waals surface area contributed by atoms with Gasteiger partial charge in [-0.3, -0.25) is 4.31 Å². The smallest absolute Gasteiger partial charge is 0.258 e. The lowest BCUT2D eigenvalue weighted by Gasteiger charge is -2.24. The number of anilines is 1. The first kappa shape index (κ1) is 26.8. The SMILES string of the molecule is COc1ccc(CN(c2cc(-c3cc(OCc4cccc(F)c4)ccc3F)nnc2OC)S(C)(=O)=O)cc1. The molecule has 0 saturated heterocycles. The third-order valence-electron chi connectivity index (χ3n) is 5.60. The van der Waals surface area contributed by atoms with E-state index >= 15 is 0 Å². The summed E-state index contributed by atoms with van der Waals surface area (Å²) in [4.78, 5) is 0. The summed E-state index contributed by atoms with van der Waals surface area (Å²) in [6.45, 7) is 0.0235. The van der Waals surface area contributed by atoms with E-state index in [0.29, 0.717) is 22.6 Å². The van der Waals surface area contributed by atoms with E-state index in [-0.39, 0.29) is 36.0 Å². The summed E-state index contributed by atoms with van der Waals surface area (Å²) in [7, 11) is -0.948. The highest BCUT2D eigenvalue weighted by Gasteiger charge is 2.25. The number of aromatic nitrogens is 2. The normalized spacial score (nSPS) is 11.2. The van der Waals surface area contributed by atoms with Gasteiger partial charge in [0.2, 0.25) is 10.0 Å². The third kappa shape index (κ3) is 6.35. The summed E-state index contributed by atoms with van der Waals surface area (Å²) >= 11 is 0. The molecule has 8 nitrogen and oxygen atoms in total. The molecule has 1 aromatic heterocycles. The fraction of sp³-hybridized carbons (Fsp3) is 0.185. The zero-order valence-electron chi connectivity index (χ0n) is 20.9. The first-order valence-electron chi connectivity index (χ1n) is 11.4. The molecule has 0 fully saturated rings. The van der Waals surface area contributed by atoms with Gasteiger partial charge in [0.05, 0.1) is 32.7 Å². The van der Waals surface area contributed by atoms with Gasteiger partial charge in [0.25, 0.3) is 5.88 Å².